The summed E-state index contributed by atoms with van der Waals surface area (Å²) in [6.07, 6.45) is -7.58. The van der Waals surface area contributed by atoms with Crippen LogP contribution in [0.25, 0.3) is 0 Å². The van der Waals surface area contributed by atoms with Crippen LogP contribution in [0.15, 0.2) is 60.4 Å². The van der Waals surface area contributed by atoms with E-state index in [2.05, 4.69) is 17.2 Å². The van der Waals surface area contributed by atoms with Crippen LogP contribution >= 0.6 is 11.8 Å². The number of aliphatic hydroxyl groups excluding tert-OH is 2. The Hall–Kier alpha value is -4.65. The number of Topliss-reactive ketones (excluding diaryl/α,β-unsaturated/α-hetero) is 1. The number of nitrogens with one attached hydrogen (secondary N) is 2. The minimum absolute atomic E-state index is 0.0400. The minimum Gasteiger partial charge on any atom is -0.493 e. The fraction of sp³-hybridized carbons (Fsp3) is 0.444. The van der Waals surface area contributed by atoms with Crippen LogP contribution in [0.5, 0.6) is 11.5 Å². The maximum Gasteiger partial charge on any atom is 0.407 e. The van der Waals surface area contributed by atoms with E-state index in [0.29, 0.717) is 11.3 Å². The van der Waals surface area contributed by atoms with E-state index in [1.54, 1.807) is 30.3 Å². The van der Waals surface area contributed by atoms with Gasteiger partial charge in [0.05, 0.1) is 50.5 Å². The average Bonchev–Trinajstić information content (AvgIpc) is 3.63. The van der Waals surface area contributed by atoms with Gasteiger partial charge in [-0.05, 0) is 23.6 Å². The van der Waals surface area contributed by atoms with Crippen molar-refractivity contribution in [3.63, 3.8) is 0 Å². The third-order valence-electron chi connectivity index (χ3n) is 10.0. The number of thioether (sulfide) groups is 1. The van der Waals surface area contributed by atoms with Gasteiger partial charge >= 0.3 is 12.1 Å². The highest BCUT2D eigenvalue weighted by Gasteiger charge is 2.72. The normalized spacial score (nSPS) is 31.2. The number of carbonyl (C=O) groups is 4. The third kappa shape index (κ3) is 6.20. The van der Waals surface area contributed by atoms with Crippen molar-refractivity contribution in [2.75, 3.05) is 39.5 Å². The number of ketones is 1. The molecule has 0 unspecified atom stereocenters. The summed E-state index contributed by atoms with van der Waals surface area (Å²) in [5.41, 5.74) is -1.47. The first-order valence-electron chi connectivity index (χ1n) is 16.5. The monoisotopic (exact) mass is 756 g/mol. The van der Waals surface area contributed by atoms with E-state index >= 15 is 0 Å². The molecule has 6 rings (SSSR count). The van der Waals surface area contributed by atoms with Crippen LogP contribution in [0.2, 0.25) is 0 Å². The number of anilines is 1. The van der Waals surface area contributed by atoms with Gasteiger partial charge < -0.3 is 59.1 Å². The number of aliphatic hydroxyl groups is 3. The van der Waals surface area contributed by atoms with Gasteiger partial charge in [0.25, 0.3) is 5.91 Å². The molecule has 4 aliphatic rings. The van der Waals surface area contributed by atoms with Crippen LogP contribution in [0.1, 0.15) is 40.9 Å². The molecule has 2 heterocycles. The summed E-state index contributed by atoms with van der Waals surface area (Å²) in [5, 5.41) is 40.7. The van der Waals surface area contributed by atoms with Crippen LogP contribution in [-0.2, 0) is 38.9 Å². The van der Waals surface area contributed by atoms with Gasteiger partial charge in [-0.25, -0.2) is 9.59 Å². The molecular formula is C36H40N2O14S. The first-order valence-corrected chi connectivity index (χ1v) is 17.5. The molecule has 5 N–H and O–H groups in total. The standard InChI is InChI=1S/C36H40N2O14S/c1-16-27(39)24(51-33(43)19-13-22(47-4)23(48-5)14-21(19)37-32(42)17(2)46-3)15-26(50-16)52-31-28(40)29(38-34(44)49-6)36-25(11-12-53-36)35(31,45)20-10-8-7-9-18(20)30(36)41/h7-11,13-14,16,24,26-27,29-31,39,41,45H,2,12,15H2,1,3-6H3,(H,37,42)(H,38,44)/t16-,24-,26-,27+,29-,30-,31+,35+,36-/m0/s1. The van der Waals surface area contributed by atoms with Crippen LogP contribution in [0.4, 0.5) is 10.5 Å². The second-order valence-electron chi connectivity index (χ2n) is 12.7. The van der Waals surface area contributed by atoms with Crippen LogP contribution < -0.4 is 20.1 Å². The number of hydrogen-bond donors (Lipinski definition) is 5. The van der Waals surface area contributed by atoms with Gasteiger partial charge in [0, 0.05) is 24.3 Å². The van der Waals surface area contributed by atoms with E-state index in [0.717, 1.165) is 7.11 Å². The van der Waals surface area contributed by atoms with E-state index in [1.807, 2.05) is 0 Å². The van der Waals surface area contributed by atoms with Crippen molar-refractivity contribution >= 4 is 41.2 Å². The predicted molar refractivity (Wildman–Crippen MR) is 186 cm³/mol. The Balaban J connectivity index is 1.33. The number of rotatable bonds is 10. The summed E-state index contributed by atoms with van der Waals surface area (Å²) in [7, 11) is 5.11. The lowest BCUT2D eigenvalue weighted by Gasteiger charge is -2.58. The van der Waals surface area contributed by atoms with Crippen LogP contribution in [-0.4, -0.2) is 115 Å². The molecule has 2 aliphatic carbocycles. The topological polar surface area (TPSA) is 218 Å². The van der Waals surface area contributed by atoms with Gasteiger partial charge in [0.1, 0.15) is 30.0 Å². The largest absolute Gasteiger partial charge is 0.493 e. The lowest BCUT2D eigenvalue weighted by molar-refractivity contribution is -0.275. The molecule has 2 aromatic rings. The number of esters is 1. The molecule has 2 bridgehead atoms. The van der Waals surface area contributed by atoms with Gasteiger partial charge in [-0.1, -0.05) is 36.9 Å². The van der Waals surface area contributed by atoms with Crippen LogP contribution in [0, 0.1) is 0 Å². The van der Waals surface area contributed by atoms with E-state index in [4.69, 9.17) is 33.2 Å². The molecule has 16 nitrogen and oxygen atoms in total. The lowest BCUT2D eigenvalue weighted by atomic mass is 9.57. The van der Waals surface area contributed by atoms with E-state index in [-0.39, 0.29) is 46.1 Å². The van der Waals surface area contributed by atoms with Crippen LogP contribution in [0.3, 0.4) is 0 Å². The van der Waals surface area contributed by atoms with Gasteiger partial charge in [-0.15, -0.1) is 11.8 Å². The molecule has 9 atom stereocenters. The molecule has 2 fully saturated rings. The first kappa shape index (κ1) is 38.1. The fourth-order valence-corrected chi connectivity index (χ4v) is 8.95. The predicted octanol–water partition coefficient (Wildman–Crippen LogP) is 1.86. The minimum atomic E-state index is -2.11. The Labute approximate surface area is 308 Å². The zero-order valence-electron chi connectivity index (χ0n) is 29.4. The SMILES string of the molecule is C=C(OC)C(=O)Nc1cc(OC)c(OC)cc1C(=O)O[C@H]1C[C@H](O[C@@H]2C(=O)[C@H](NC(=O)OC)[C@@]34SCC=C3[C@]2(O)c2ccccc2[C@@H]4O)O[C@@H](C)[C@H]1O. The Morgan fingerprint density at radius 3 is 2.42 bits per heavy atom. The number of benzene rings is 2. The quantitative estimate of drug-likeness (QED) is 0.101. The van der Waals surface area contributed by atoms with Gasteiger partial charge in [0.15, 0.2) is 35.4 Å². The highest BCUT2D eigenvalue weighted by molar-refractivity contribution is 8.01. The molecule has 284 valence electrons. The summed E-state index contributed by atoms with van der Waals surface area (Å²) in [6, 6.07) is 7.77. The smallest absolute Gasteiger partial charge is 0.407 e. The van der Waals surface area contributed by atoms with Gasteiger partial charge in [0.2, 0.25) is 0 Å². The number of hydrogen-bond acceptors (Lipinski definition) is 15. The van der Waals surface area contributed by atoms with E-state index < -0.39 is 77.0 Å². The zero-order valence-corrected chi connectivity index (χ0v) is 30.3. The molecule has 17 heteroatoms. The van der Waals surface area contributed by atoms with Crippen molar-refractivity contribution in [3.05, 3.63) is 77.1 Å². The number of amides is 2. The highest BCUT2D eigenvalue weighted by atomic mass is 32.2. The van der Waals surface area contributed by atoms with E-state index in [9.17, 15) is 34.5 Å². The van der Waals surface area contributed by atoms with Crippen molar-refractivity contribution in [1.29, 1.82) is 0 Å². The maximum atomic E-state index is 14.5. The Morgan fingerprint density at radius 2 is 1.74 bits per heavy atom. The average molecular weight is 757 g/mol. The number of fused-ring (bicyclic) bond motifs is 2. The molecule has 0 aromatic heterocycles. The van der Waals surface area contributed by atoms with Crippen molar-refractivity contribution in [1.82, 2.24) is 5.32 Å². The molecule has 0 spiro atoms. The fourth-order valence-electron chi connectivity index (χ4n) is 7.41. The van der Waals surface area contributed by atoms with Gasteiger partial charge in [-0.3, -0.25) is 9.59 Å². The molecular weight excluding hydrogens is 716 g/mol. The summed E-state index contributed by atoms with van der Waals surface area (Å²) < 4.78 is 37.0. The molecule has 2 amide bonds. The Morgan fingerprint density at radius 1 is 1.04 bits per heavy atom. The summed E-state index contributed by atoms with van der Waals surface area (Å²) in [4.78, 5) is 53.5. The van der Waals surface area contributed by atoms with E-state index in [1.165, 1.54) is 52.1 Å². The number of ether oxygens (including phenoxy) is 7. The second kappa shape index (κ2) is 14.6. The maximum absolute atomic E-state index is 14.5. The summed E-state index contributed by atoms with van der Waals surface area (Å²) >= 11 is 1.20. The molecule has 2 aliphatic heterocycles. The molecule has 2 aromatic carbocycles. The van der Waals surface area contributed by atoms with Crippen molar-refractivity contribution in [2.24, 2.45) is 0 Å². The second-order valence-corrected chi connectivity index (χ2v) is 14.0. The van der Waals surface area contributed by atoms with Crippen molar-refractivity contribution in [2.45, 2.75) is 66.5 Å². The first-order chi connectivity index (χ1) is 25.3. The highest BCUT2D eigenvalue weighted by Crippen LogP contribution is 2.64. The number of alkyl carbamates (subject to hydrolysis) is 1. The van der Waals surface area contributed by atoms with Gasteiger partial charge in [-0.2, -0.15) is 0 Å². The number of methoxy groups -OCH3 is 4. The molecule has 53 heavy (non-hydrogen) atoms. The van der Waals surface area contributed by atoms with Crippen molar-refractivity contribution < 1.29 is 67.7 Å². The summed E-state index contributed by atoms with van der Waals surface area (Å²) in [6.45, 7) is 5.03. The molecule has 1 saturated heterocycles. The Bertz CT molecular complexity index is 1870. The van der Waals surface area contributed by atoms with Crippen molar-refractivity contribution in [3.8, 4) is 11.5 Å². The third-order valence-corrected chi connectivity index (χ3v) is 11.5. The lowest BCUT2D eigenvalue weighted by Crippen LogP contribution is -2.73. The molecule has 1 saturated carbocycles. The Kier molecular flexibility index (Phi) is 10.5. The number of carbonyl (C=O) groups excluding carboxylic acids is 4. The summed E-state index contributed by atoms with van der Waals surface area (Å²) in [5.74, 6) is -2.12. The molecule has 0 radical (unpaired) electrons. The zero-order chi connectivity index (χ0) is 38.4.